The molecule has 0 radical (unpaired) electrons. The lowest BCUT2D eigenvalue weighted by atomic mass is 9.98. The minimum Gasteiger partial charge on any atom is -0.496 e. The lowest BCUT2D eigenvalue weighted by Gasteiger charge is -2.17. The van der Waals surface area contributed by atoms with Gasteiger partial charge in [0.25, 0.3) is 0 Å². The molecule has 0 spiro atoms. The van der Waals surface area contributed by atoms with E-state index in [2.05, 4.69) is 29.7 Å². The average molecular weight is 396 g/mol. The third-order valence-corrected chi connectivity index (χ3v) is 5.22. The number of nitrogens with one attached hydrogen (secondary N) is 2. The van der Waals surface area contributed by atoms with E-state index in [1.54, 1.807) is 19.2 Å². The first-order valence-corrected chi connectivity index (χ1v) is 10.3. The second-order valence-electron chi connectivity index (χ2n) is 7.30. The zero-order valence-electron chi connectivity index (χ0n) is 17.5. The first kappa shape index (κ1) is 21.1. The summed E-state index contributed by atoms with van der Waals surface area (Å²) in [4.78, 5) is 4.91. The summed E-state index contributed by atoms with van der Waals surface area (Å²) < 4.78 is 19.0. The first-order valence-electron chi connectivity index (χ1n) is 10.3. The van der Waals surface area contributed by atoms with Crippen LogP contribution in [0.4, 0.5) is 4.39 Å². The Morgan fingerprint density at radius 3 is 2.72 bits per heavy atom. The van der Waals surface area contributed by atoms with Crippen molar-refractivity contribution in [2.45, 2.75) is 39.2 Å². The summed E-state index contributed by atoms with van der Waals surface area (Å²) in [6, 6.07) is 11.0. The predicted molar refractivity (Wildman–Crippen MR) is 118 cm³/mol. The monoisotopic (exact) mass is 395 g/mol. The SMILES string of the molecule is CC/C=C/NC(=NCC1CCCN1)c1cc(-c2ccc(F)cc2)cc(OC)c1C. The number of methoxy groups -OCH3 is 1. The molecule has 154 valence electrons. The van der Waals surface area contributed by atoms with Crippen molar-refractivity contribution in [3.63, 3.8) is 0 Å². The molecule has 1 aliphatic rings. The molecule has 2 aromatic carbocycles. The Balaban J connectivity index is 2.01. The van der Waals surface area contributed by atoms with E-state index in [1.807, 2.05) is 19.2 Å². The highest BCUT2D eigenvalue weighted by Crippen LogP contribution is 2.30. The molecule has 2 N–H and O–H groups in total. The van der Waals surface area contributed by atoms with Crippen molar-refractivity contribution < 1.29 is 9.13 Å². The van der Waals surface area contributed by atoms with Gasteiger partial charge in [-0.2, -0.15) is 0 Å². The molecule has 1 saturated heterocycles. The van der Waals surface area contributed by atoms with Crippen LogP contribution in [0.15, 0.2) is 53.7 Å². The first-order chi connectivity index (χ1) is 14.1. The Labute approximate surface area is 172 Å². The third kappa shape index (κ3) is 5.45. The van der Waals surface area contributed by atoms with Crippen LogP contribution < -0.4 is 15.4 Å². The highest BCUT2D eigenvalue weighted by molar-refractivity contribution is 6.02. The molecule has 2 aromatic rings. The Morgan fingerprint density at radius 2 is 2.07 bits per heavy atom. The number of rotatable bonds is 7. The maximum atomic E-state index is 13.4. The summed E-state index contributed by atoms with van der Waals surface area (Å²) in [5.74, 6) is 1.36. The molecule has 0 aliphatic carbocycles. The lowest BCUT2D eigenvalue weighted by Crippen LogP contribution is -2.27. The van der Waals surface area contributed by atoms with Crippen LogP contribution in [0.2, 0.25) is 0 Å². The van der Waals surface area contributed by atoms with Crippen molar-refractivity contribution in [2.75, 3.05) is 20.2 Å². The second-order valence-corrected chi connectivity index (χ2v) is 7.30. The highest BCUT2D eigenvalue weighted by atomic mass is 19.1. The molecular formula is C24H30FN3O. The predicted octanol–water partition coefficient (Wildman–Crippen LogP) is 4.82. The molecule has 0 amide bonds. The van der Waals surface area contributed by atoms with Gasteiger partial charge < -0.3 is 15.4 Å². The molecule has 1 heterocycles. The van der Waals surface area contributed by atoms with Crippen molar-refractivity contribution in [2.24, 2.45) is 4.99 Å². The molecule has 0 aromatic heterocycles. The molecule has 1 unspecified atom stereocenters. The summed E-state index contributed by atoms with van der Waals surface area (Å²) in [5, 5.41) is 6.86. The topological polar surface area (TPSA) is 45.7 Å². The number of nitrogens with zero attached hydrogens (tertiary/aromatic N) is 1. The van der Waals surface area contributed by atoms with Crippen LogP contribution in [0.25, 0.3) is 11.1 Å². The van der Waals surface area contributed by atoms with Gasteiger partial charge in [-0.3, -0.25) is 4.99 Å². The minimum atomic E-state index is -0.245. The van der Waals surface area contributed by atoms with Crippen LogP contribution in [-0.4, -0.2) is 32.1 Å². The number of benzene rings is 2. The second kappa shape index (κ2) is 10.2. The van der Waals surface area contributed by atoms with Crippen molar-refractivity contribution in [3.8, 4) is 16.9 Å². The molecular weight excluding hydrogens is 365 g/mol. The van der Waals surface area contributed by atoms with Gasteiger partial charge in [0.1, 0.15) is 17.4 Å². The van der Waals surface area contributed by atoms with Crippen LogP contribution in [0.1, 0.15) is 37.3 Å². The molecule has 5 heteroatoms. The zero-order valence-corrected chi connectivity index (χ0v) is 17.5. The Hall–Kier alpha value is -2.66. The van der Waals surface area contributed by atoms with Gasteiger partial charge in [-0.15, -0.1) is 0 Å². The molecule has 0 bridgehead atoms. The maximum Gasteiger partial charge on any atom is 0.132 e. The summed E-state index contributed by atoms with van der Waals surface area (Å²) >= 11 is 0. The van der Waals surface area contributed by atoms with E-state index in [9.17, 15) is 4.39 Å². The molecule has 1 atom stereocenters. The molecule has 1 fully saturated rings. The number of hydrogen-bond acceptors (Lipinski definition) is 3. The Morgan fingerprint density at radius 1 is 1.28 bits per heavy atom. The number of halogens is 1. The Bertz CT molecular complexity index is 868. The van der Waals surface area contributed by atoms with Crippen LogP contribution >= 0.6 is 0 Å². The lowest BCUT2D eigenvalue weighted by molar-refractivity contribution is 0.412. The van der Waals surface area contributed by atoms with Gasteiger partial charge in [0, 0.05) is 17.2 Å². The van der Waals surface area contributed by atoms with E-state index in [1.165, 1.54) is 18.6 Å². The van der Waals surface area contributed by atoms with Crippen LogP contribution in [0, 0.1) is 12.7 Å². The van der Waals surface area contributed by atoms with Gasteiger partial charge in [-0.05, 0) is 74.3 Å². The largest absolute Gasteiger partial charge is 0.496 e. The molecule has 3 rings (SSSR count). The van der Waals surface area contributed by atoms with Crippen molar-refractivity contribution in [1.82, 2.24) is 10.6 Å². The van der Waals surface area contributed by atoms with E-state index in [-0.39, 0.29) is 5.82 Å². The van der Waals surface area contributed by atoms with Gasteiger partial charge in [0.2, 0.25) is 0 Å². The summed E-state index contributed by atoms with van der Waals surface area (Å²) in [6.45, 7) is 5.93. The number of amidine groups is 1. The van der Waals surface area contributed by atoms with E-state index in [0.717, 1.165) is 59.8 Å². The number of ether oxygens (including phenoxy) is 1. The van der Waals surface area contributed by atoms with Crippen LogP contribution in [0.5, 0.6) is 5.75 Å². The summed E-state index contributed by atoms with van der Waals surface area (Å²) in [7, 11) is 1.67. The Kier molecular flexibility index (Phi) is 7.42. The quantitative estimate of drug-likeness (QED) is 0.522. The van der Waals surface area contributed by atoms with Crippen LogP contribution in [-0.2, 0) is 0 Å². The third-order valence-electron chi connectivity index (χ3n) is 5.22. The van der Waals surface area contributed by atoms with Crippen molar-refractivity contribution >= 4 is 5.84 Å². The standard InChI is InChI=1S/C24H30FN3O/c1-4-5-12-27-24(28-16-21-7-6-13-26-21)22-14-19(15-23(29-3)17(22)2)18-8-10-20(25)11-9-18/h5,8-12,14-15,21,26H,4,6-7,13,16H2,1-3H3,(H,27,28)/b12-5+. The normalized spacial score (nSPS) is 17.1. The van der Waals surface area contributed by atoms with Crippen LogP contribution in [0.3, 0.4) is 0 Å². The summed E-state index contributed by atoms with van der Waals surface area (Å²) in [5.41, 5.74) is 3.92. The summed E-state index contributed by atoms with van der Waals surface area (Å²) in [6.07, 6.45) is 7.31. The van der Waals surface area contributed by atoms with Crippen molar-refractivity contribution in [3.05, 3.63) is 65.6 Å². The highest BCUT2D eigenvalue weighted by Gasteiger charge is 2.16. The maximum absolute atomic E-state index is 13.4. The van der Waals surface area contributed by atoms with Crippen molar-refractivity contribution in [1.29, 1.82) is 0 Å². The fourth-order valence-corrected chi connectivity index (χ4v) is 3.53. The zero-order chi connectivity index (χ0) is 20.6. The van der Waals surface area contributed by atoms with Gasteiger partial charge in [0.15, 0.2) is 0 Å². The molecule has 0 saturated carbocycles. The van der Waals surface area contributed by atoms with Gasteiger partial charge in [-0.25, -0.2) is 4.39 Å². The molecule has 1 aliphatic heterocycles. The molecule has 4 nitrogen and oxygen atoms in total. The molecule has 29 heavy (non-hydrogen) atoms. The number of allylic oxidation sites excluding steroid dienone is 1. The fraction of sp³-hybridized carbons (Fsp3) is 0.375. The fourth-order valence-electron chi connectivity index (χ4n) is 3.53. The average Bonchev–Trinajstić information content (AvgIpc) is 3.25. The van der Waals surface area contributed by atoms with Gasteiger partial charge >= 0.3 is 0 Å². The van der Waals surface area contributed by atoms with Gasteiger partial charge in [-0.1, -0.05) is 25.1 Å². The van der Waals surface area contributed by atoms with Gasteiger partial charge in [0.05, 0.1) is 13.7 Å². The van der Waals surface area contributed by atoms with E-state index >= 15 is 0 Å². The smallest absolute Gasteiger partial charge is 0.132 e. The number of hydrogen-bond donors (Lipinski definition) is 2. The van der Waals surface area contributed by atoms with E-state index in [4.69, 9.17) is 9.73 Å². The minimum absolute atomic E-state index is 0.245. The number of aliphatic imine (C=N–C) groups is 1. The van der Waals surface area contributed by atoms with E-state index in [0.29, 0.717) is 6.04 Å². The van der Waals surface area contributed by atoms with E-state index < -0.39 is 0 Å².